The molecule has 0 amide bonds. The van der Waals surface area contributed by atoms with E-state index < -0.39 is 46.1 Å². The predicted molar refractivity (Wildman–Crippen MR) is 147 cm³/mol. The molecule has 0 unspecified atom stereocenters. The molecule has 3 aromatic rings. The van der Waals surface area contributed by atoms with Crippen LogP contribution in [0.3, 0.4) is 0 Å². The standard InChI is InChI=1S/C27H29F4N7O4S/c28-22-15-42-12-7-26(22,6-8-32)38-20-3-9-33-25(39)23(20)24(35-38)34-18-1-2-21-17(13-18)14-37(43(21,40)41)19-4-10-36(11-5-19)16-27(29,30)31/h1-3,9,13,19,22H,4-7,10-12,14-16H2,(H,33,39)(H,34,35)/t22-,26+/m0/s1. The summed E-state index contributed by atoms with van der Waals surface area (Å²) in [4.78, 5) is 16.9. The van der Waals surface area contributed by atoms with Crippen molar-refractivity contribution in [3.63, 3.8) is 0 Å². The molecule has 1 aromatic carbocycles. The van der Waals surface area contributed by atoms with E-state index >= 15 is 4.39 Å². The Kier molecular flexibility index (Phi) is 7.48. The molecular formula is C27H29F4N7O4S. The van der Waals surface area contributed by atoms with Crippen molar-refractivity contribution in [3.8, 4) is 6.07 Å². The van der Waals surface area contributed by atoms with Gasteiger partial charge in [0.05, 0.1) is 36.1 Å². The van der Waals surface area contributed by atoms with Crippen molar-refractivity contribution in [3.05, 3.63) is 46.4 Å². The van der Waals surface area contributed by atoms with Crippen molar-refractivity contribution < 1.29 is 30.7 Å². The third kappa shape index (κ3) is 5.28. The first kappa shape index (κ1) is 29.5. The van der Waals surface area contributed by atoms with Gasteiger partial charge in [0.1, 0.15) is 17.1 Å². The molecule has 0 spiro atoms. The molecule has 3 aliphatic rings. The summed E-state index contributed by atoms with van der Waals surface area (Å²) in [7, 11) is -3.85. The third-order valence-corrected chi connectivity index (χ3v) is 10.5. The van der Waals surface area contributed by atoms with E-state index in [-0.39, 0.29) is 74.6 Å². The van der Waals surface area contributed by atoms with Crippen LogP contribution in [0.15, 0.2) is 40.2 Å². The lowest BCUT2D eigenvalue weighted by Gasteiger charge is -2.38. The number of nitriles is 1. The number of nitrogens with one attached hydrogen (secondary N) is 2. The van der Waals surface area contributed by atoms with Gasteiger partial charge in [-0.15, -0.1) is 0 Å². The minimum absolute atomic E-state index is 0.0572. The second kappa shape index (κ2) is 10.9. The number of ether oxygens (including phenoxy) is 1. The van der Waals surface area contributed by atoms with Crippen LogP contribution < -0.4 is 10.9 Å². The van der Waals surface area contributed by atoms with Crippen molar-refractivity contribution in [2.75, 3.05) is 38.2 Å². The summed E-state index contributed by atoms with van der Waals surface area (Å²) in [5.74, 6) is 0.113. The van der Waals surface area contributed by atoms with Crippen LogP contribution in [0.4, 0.5) is 29.1 Å². The Morgan fingerprint density at radius 1 is 1.23 bits per heavy atom. The van der Waals surface area contributed by atoms with E-state index in [0.29, 0.717) is 16.8 Å². The van der Waals surface area contributed by atoms with Gasteiger partial charge in [-0.05, 0) is 49.1 Å². The Hall–Kier alpha value is -3.52. The lowest BCUT2D eigenvalue weighted by atomic mass is 9.85. The molecule has 16 heteroatoms. The quantitative estimate of drug-likeness (QED) is 0.399. The smallest absolute Gasteiger partial charge is 0.378 e. The summed E-state index contributed by atoms with van der Waals surface area (Å²) in [6.07, 6.45) is -3.90. The Morgan fingerprint density at radius 2 is 2.00 bits per heavy atom. The Bertz CT molecular complexity index is 1740. The lowest BCUT2D eigenvalue weighted by Crippen LogP contribution is -2.49. The van der Waals surface area contributed by atoms with E-state index in [2.05, 4.69) is 15.4 Å². The van der Waals surface area contributed by atoms with Gasteiger partial charge in [0, 0.05) is 44.2 Å². The van der Waals surface area contributed by atoms with Crippen molar-refractivity contribution in [1.29, 1.82) is 5.26 Å². The molecule has 2 fully saturated rings. The molecule has 11 nitrogen and oxygen atoms in total. The summed E-state index contributed by atoms with van der Waals surface area (Å²) >= 11 is 0. The first-order valence-corrected chi connectivity index (χ1v) is 15.3. The molecule has 0 radical (unpaired) electrons. The number of likely N-dealkylation sites (tertiary alicyclic amines) is 1. The van der Waals surface area contributed by atoms with Gasteiger partial charge < -0.3 is 15.0 Å². The van der Waals surface area contributed by atoms with Gasteiger partial charge in [-0.25, -0.2) is 12.8 Å². The van der Waals surface area contributed by atoms with Crippen molar-refractivity contribution >= 4 is 32.4 Å². The number of anilines is 2. The van der Waals surface area contributed by atoms with Crippen LogP contribution in [0.5, 0.6) is 0 Å². The van der Waals surface area contributed by atoms with E-state index in [1.165, 1.54) is 32.2 Å². The van der Waals surface area contributed by atoms with Crippen LogP contribution in [-0.2, 0) is 26.8 Å². The monoisotopic (exact) mass is 623 g/mol. The molecule has 5 heterocycles. The number of sulfonamides is 1. The molecule has 3 aliphatic heterocycles. The van der Waals surface area contributed by atoms with Crippen LogP contribution in [0.1, 0.15) is 31.2 Å². The average Bonchev–Trinajstić information content (AvgIpc) is 3.45. The van der Waals surface area contributed by atoms with Gasteiger partial charge in [-0.3, -0.25) is 14.4 Å². The number of nitrogens with zero attached hydrogens (tertiary/aromatic N) is 5. The first-order valence-electron chi connectivity index (χ1n) is 13.8. The average molecular weight is 624 g/mol. The SMILES string of the molecule is N#CC[C@@]1(n2nc(Nc3ccc4c(c3)CN(C3CCN(CC(F)(F)F)CC3)S4(=O)=O)c3c(=O)[nH]ccc32)CCOC[C@@H]1F. The maximum atomic E-state index is 15.4. The molecule has 230 valence electrons. The van der Waals surface area contributed by atoms with E-state index in [1.807, 2.05) is 6.07 Å². The molecule has 2 saturated heterocycles. The van der Waals surface area contributed by atoms with Crippen molar-refractivity contribution in [2.45, 2.75) is 61.1 Å². The number of aromatic nitrogens is 3. The molecule has 6 rings (SSSR count). The number of rotatable bonds is 6. The molecule has 0 saturated carbocycles. The highest BCUT2D eigenvalue weighted by Crippen LogP contribution is 2.40. The predicted octanol–water partition coefficient (Wildman–Crippen LogP) is 3.37. The number of aromatic amines is 1. The molecule has 0 aliphatic carbocycles. The number of benzene rings is 1. The Labute approximate surface area is 244 Å². The van der Waals surface area contributed by atoms with E-state index in [9.17, 15) is 31.6 Å². The minimum atomic E-state index is -4.31. The van der Waals surface area contributed by atoms with Gasteiger partial charge in [0.15, 0.2) is 5.82 Å². The Balaban J connectivity index is 1.28. The zero-order chi connectivity index (χ0) is 30.6. The number of hydrogen-bond acceptors (Lipinski definition) is 8. The topological polar surface area (TPSA) is 136 Å². The van der Waals surface area contributed by atoms with Gasteiger partial charge in [0.2, 0.25) is 10.0 Å². The number of H-pyrrole nitrogens is 1. The molecule has 2 aromatic heterocycles. The molecule has 43 heavy (non-hydrogen) atoms. The highest BCUT2D eigenvalue weighted by atomic mass is 32.2. The highest BCUT2D eigenvalue weighted by Gasteiger charge is 2.46. The fourth-order valence-electron chi connectivity index (χ4n) is 6.39. The number of fused-ring (bicyclic) bond motifs is 2. The molecule has 2 N–H and O–H groups in total. The van der Waals surface area contributed by atoms with Gasteiger partial charge in [0.25, 0.3) is 5.56 Å². The van der Waals surface area contributed by atoms with Crippen LogP contribution in [0, 0.1) is 11.3 Å². The number of alkyl halides is 4. The van der Waals surface area contributed by atoms with Crippen molar-refractivity contribution in [2.24, 2.45) is 0 Å². The fraction of sp³-hybridized carbons (Fsp3) is 0.519. The van der Waals surface area contributed by atoms with E-state index in [0.717, 1.165) is 0 Å². The second-order valence-corrected chi connectivity index (χ2v) is 13.0. The largest absolute Gasteiger partial charge is 0.401 e. The van der Waals surface area contributed by atoms with Gasteiger partial charge >= 0.3 is 6.18 Å². The van der Waals surface area contributed by atoms with Crippen LogP contribution in [0.2, 0.25) is 0 Å². The summed E-state index contributed by atoms with van der Waals surface area (Å²) in [5, 5.41) is 17.4. The maximum Gasteiger partial charge on any atom is 0.401 e. The zero-order valence-electron chi connectivity index (χ0n) is 22.9. The lowest BCUT2D eigenvalue weighted by molar-refractivity contribution is -0.148. The zero-order valence-corrected chi connectivity index (χ0v) is 23.7. The van der Waals surface area contributed by atoms with Crippen LogP contribution in [-0.4, -0.2) is 83.6 Å². The van der Waals surface area contributed by atoms with Crippen LogP contribution >= 0.6 is 0 Å². The minimum Gasteiger partial charge on any atom is -0.378 e. The normalized spacial score (nSPS) is 25.0. The van der Waals surface area contributed by atoms with E-state index in [1.54, 1.807) is 12.1 Å². The Morgan fingerprint density at radius 3 is 2.70 bits per heavy atom. The third-order valence-electron chi connectivity index (χ3n) is 8.54. The molecular weight excluding hydrogens is 594 g/mol. The van der Waals surface area contributed by atoms with E-state index in [4.69, 9.17) is 4.74 Å². The van der Waals surface area contributed by atoms with Crippen molar-refractivity contribution in [1.82, 2.24) is 24.0 Å². The van der Waals surface area contributed by atoms with Gasteiger partial charge in [-0.1, -0.05) is 0 Å². The first-order chi connectivity index (χ1) is 20.4. The van der Waals surface area contributed by atoms with Crippen LogP contribution in [0.25, 0.3) is 10.9 Å². The number of hydrogen-bond donors (Lipinski definition) is 2. The summed E-state index contributed by atoms with van der Waals surface area (Å²) in [6, 6.07) is 7.81. The summed E-state index contributed by atoms with van der Waals surface area (Å²) < 4.78 is 88.5. The van der Waals surface area contributed by atoms with Gasteiger partial charge in [-0.2, -0.15) is 27.8 Å². The second-order valence-electron chi connectivity index (χ2n) is 11.2. The number of piperidine rings is 1. The number of pyridine rings is 1. The fourth-order valence-corrected chi connectivity index (χ4v) is 8.25. The molecule has 2 atom stereocenters. The highest BCUT2D eigenvalue weighted by molar-refractivity contribution is 7.89. The maximum absolute atomic E-state index is 15.4. The summed E-state index contributed by atoms with van der Waals surface area (Å²) in [5.41, 5.74) is -0.565. The number of halogens is 4. The molecule has 0 bridgehead atoms. The summed E-state index contributed by atoms with van der Waals surface area (Å²) in [6.45, 7) is -0.682.